The molecule has 0 spiro atoms. The average molecular weight is 424 g/mol. The Labute approximate surface area is 173 Å². The summed E-state index contributed by atoms with van der Waals surface area (Å²) in [6, 6.07) is 5.44. The Bertz CT molecular complexity index is 842. The standard InChI is InChI=1S/C19H22ClN3O4S/c1-19(2,3)27-18(26)23-9-7-22(8-10-23)15-12(5-4-6-13(15)20)11-14-16(24)21-17(25)28-14/h4-6,11H,7-10H2,1-3H3,(H,21,24,25). The molecule has 28 heavy (non-hydrogen) atoms. The first-order valence-electron chi connectivity index (χ1n) is 8.90. The Morgan fingerprint density at radius 1 is 1.21 bits per heavy atom. The van der Waals surface area contributed by atoms with E-state index < -0.39 is 11.5 Å². The lowest BCUT2D eigenvalue weighted by molar-refractivity contribution is -0.115. The Hall–Kier alpha value is -2.19. The number of rotatable bonds is 2. The van der Waals surface area contributed by atoms with Crippen molar-refractivity contribution >= 4 is 52.4 Å². The van der Waals surface area contributed by atoms with Gasteiger partial charge < -0.3 is 14.5 Å². The van der Waals surface area contributed by atoms with Gasteiger partial charge in [0.1, 0.15) is 5.60 Å². The molecule has 2 fully saturated rings. The van der Waals surface area contributed by atoms with Crippen molar-refractivity contribution in [2.24, 2.45) is 0 Å². The number of carbonyl (C=O) groups is 3. The maximum atomic E-state index is 12.3. The van der Waals surface area contributed by atoms with Gasteiger partial charge in [-0.15, -0.1) is 0 Å². The summed E-state index contributed by atoms with van der Waals surface area (Å²) in [5.74, 6) is -0.407. The molecule has 7 nitrogen and oxygen atoms in total. The van der Waals surface area contributed by atoms with E-state index >= 15 is 0 Å². The van der Waals surface area contributed by atoms with Crippen LogP contribution in [-0.2, 0) is 9.53 Å². The Morgan fingerprint density at radius 3 is 2.46 bits per heavy atom. The molecule has 1 N–H and O–H groups in total. The van der Waals surface area contributed by atoms with Gasteiger partial charge in [-0.25, -0.2) is 4.79 Å². The van der Waals surface area contributed by atoms with Crippen LogP contribution in [0.3, 0.4) is 0 Å². The van der Waals surface area contributed by atoms with E-state index in [1.54, 1.807) is 23.1 Å². The number of piperazine rings is 1. The fourth-order valence-electron chi connectivity index (χ4n) is 2.98. The fourth-order valence-corrected chi connectivity index (χ4v) is 3.96. The lowest BCUT2D eigenvalue weighted by Gasteiger charge is -2.37. The van der Waals surface area contributed by atoms with Crippen molar-refractivity contribution in [3.63, 3.8) is 0 Å². The molecule has 1 aromatic carbocycles. The summed E-state index contributed by atoms with van der Waals surface area (Å²) in [4.78, 5) is 39.6. The zero-order valence-corrected chi connectivity index (χ0v) is 17.5. The van der Waals surface area contributed by atoms with Crippen LogP contribution >= 0.6 is 23.4 Å². The van der Waals surface area contributed by atoms with Crippen LogP contribution in [0.2, 0.25) is 5.02 Å². The highest BCUT2D eigenvalue weighted by molar-refractivity contribution is 8.18. The van der Waals surface area contributed by atoms with Crippen LogP contribution in [0.15, 0.2) is 23.1 Å². The minimum absolute atomic E-state index is 0.328. The summed E-state index contributed by atoms with van der Waals surface area (Å²) in [5.41, 5.74) is 1.01. The number of imide groups is 1. The molecule has 2 heterocycles. The number of thioether (sulfide) groups is 1. The van der Waals surface area contributed by atoms with E-state index in [4.69, 9.17) is 16.3 Å². The third kappa shape index (κ3) is 4.80. The largest absolute Gasteiger partial charge is 0.444 e. The molecule has 0 saturated carbocycles. The van der Waals surface area contributed by atoms with Crippen LogP contribution < -0.4 is 10.2 Å². The van der Waals surface area contributed by atoms with Crippen LogP contribution in [0.5, 0.6) is 0 Å². The van der Waals surface area contributed by atoms with Crippen molar-refractivity contribution < 1.29 is 19.1 Å². The minimum Gasteiger partial charge on any atom is -0.444 e. The van der Waals surface area contributed by atoms with Crippen LogP contribution in [0.4, 0.5) is 15.3 Å². The molecule has 1 aromatic rings. The number of halogens is 1. The van der Waals surface area contributed by atoms with Gasteiger partial charge in [0.25, 0.3) is 11.1 Å². The molecule has 2 aliphatic rings. The second-order valence-electron chi connectivity index (χ2n) is 7.48. The first-order valence-corrected chi connectivity index (χ1v) is 10.1. The number of carbonyl (C=O) groups excluding carboxylic acids is 3. The monoisotopic (exact) mass is 423 g/mol. The topological polar surface area (TPSA) is 79.0 Å². The van der Waals surface area contributed by atoms with E-state index in [-0.39, 0.29) is 11.3 Å². The Morgan fingerprint density at radius 2 is 1.89 bits per heavy atom. The molecule has 0 bridgehead atoms. The van der Waals surface area contributed by atoms with Crippen molar-refractivity contribution in [3.05, 3.63) is 33.7 Å². The van der Waals surface area contributed by atoms with Crippen LogP contribution in [0, 0.1) is 0 Å². The van der Waals surface area contributed by atoms with Gasteiger partial charge in [0, 0.05) is 31.7 Å². The molecule has 2 aliphatic heterocycles. The molecular weight excluding hydrogens is 402 g/mol. The zero-order chi connectivity index (χ0) is 20.5. The lowest BCUT2D eigenvalue weighted by atomic mass is 10.1. The molecule has 0 radical (unpaired) electrons. The van der Waals surface area contributed by atoms with Gasteiger partial charge in [-0.2, -0.15) is 0 Å². The highest BCUT2D eigenvalue weighted by atomic mass is 35.5. The Kier molecular flexibility index (Phi) is 5.90. The smallest absolute Gasteiger partial charge is 0.410 e. The number of hydrogen-bond donors (Lipinski definition) is 1. The van der Waals surface area contributed by atoms with Gasteiger partial charge in [0.15, 0.2) is 0 Å². The maximum absolute atomic E-state index is 12.3. The first-order chi connectivity index (χ1) is 13.1. The highest BCUT2D eigenvalue weighted by Gasteiger charge is 2.29. The van der Waals surface area contributed by atoms with E-state index in [2.05, 4.69) is 10.2 Å². The quantitative estimate of drug-likeness (QED) is 0.730. The van der Waals surface area contributed by atoms with Gasteiger partial charge in [-0.3, -0.25) is 14.9 Å². The van der Waals surface area contributed by atoms with Crippen LogP contribution in [-0.4, -0.2) is 53.9 Å². The third-order valence-corrected chi connectivity index (χ3v) is 5.31. The number of amides is 3. The summed E-state index contributed by atoms with van der Waals surface area (Å²) in [5, 5.41) is 2.42. The summed E-state index contributed by atoms with van der Waals surface area (Å²) in [6.07, 6.45) is 1.35. The van der Waals surface area contributed by atoms with Crippen molar-refractivity contribution in [3.8, 4) is 0 Å². The summed E-state index contributed by atoms with van der Waals surface area (Å²) < 4.78 is 5.43. The predicted molar refractivity (Wildman–Crippen MR) is 111 cm³/mol. The highest BCUT2D eigenvalue weighted by Crippen LogP contribution is 2.35. The molecule has 0 aromatic heterocycles. The van der Waals surface area contributed by atoms with E-state index in [0.29, 0.717) is 36.1 Å². The van der Waals surface area contributed by atoms with Gasteiger partial charge >= 0.3 is 6.09 Å². The van der Waals surface area contributed by atoms with E-state index in [1.165, 1.54) is 0 Å². The molecular formula is C19H22ClN3O4S. The second kappa shape index (κ2) is 8.05. The number of nitrogens with zero attached hydrogens (tertiary/aromatic N) is 2. The van der Waals surface area contributed by atoms with Crippen molar-refractivity contribution in [1.29, 1.82) is 0 Å². The van der Waals surface area contributed by atoms with Crippen molar-refractivity contribution in [2.45, 2.75) is 26.4 Å². The number of hydrogen-bond acceptors (Lipinski definition) is 6. The molecule has 0 atom stereocenters. The number of para-hydroxylation sites is 1. The Balaban J connectivity index is 1.77. The molecule has 0 unspecified atom stereocenters. The second-order valence-corrected chi connectivity index (χ2v) is 8.91. The van der Waals surface area contributed by atoms with E-state index in [1.807, 2.05) is 26.8 Å². The van der Waals surface area contributed by atoms with E-state index in [9.17, 15) is 14.4 Å². The zero-order valence-electron chi connectivity index (χ0n) is 16.0. The number of ether oxygens (including phenoxy) is 1. The van der Waals surface area contributed by atoms with Crippen LogP contribution in [0.25, 0.3) is 6.08 Å². The van der Waals surface area contributed by atoms with E-state index in [0.717, 1.165) is 23.0 Å². The molecule has 3 rings (SSSR count). The lowest BCUT2D eigenvalue weighted by Crippen LogP contribution is -2.50. The number of nitrogens with one attached hydrogen (secondary N) is 1. The van der Waals surface area contributed by atoms with Crippen molar-refractivity contribution in [1.82, 2.24) is 10.2 Å². The normalized spacial score (nSPS) is 19.2. The van der Waals surface area contributed by atoms with Crippen LogP contribution in [0.1, 0.15) is 26.3 Å². The van der Waals surface area contributed by atoms with Gasteiger partial charge in [0.2, 0.25) is 0 Å². The summed E-state index contributed by atoms with van der Waals surface area (Å²) in [6.45, 7) is 7.69. The third-order valence-electron chi connectivity index (χ3n) is 4.19. The molecule has 150 valence electrons. The van der Waals surface area contributed by atoms with Gasteiger partial charge in [0.05, 0.1) is 15.6 Å². The average Bonchev–Trinajstić information content (AvgIpc) is 2.91. The van der Waals surface area contributed by atoms with Gasteiger partial charge in [-0.1, -0.05) is 23.7 Å². The van der Waals surface area contributed by atoms with Gasteiger partial charge in [-0.05, 0) is 44.7 Å². The SMILES string of the molecule is CC(C)(C)OC(=O)N1CCN(c2c(Cl)cccc2C=C2SC(=O)NC2=O)CC1. The molecule has 9 heteroatoms. The maximum Gasteiger partial charge on any atom is 0.410 e. The molecule has 0 aliphatic carbocycles. The molecule has 3 amide bonds. The summed E-state index contributed by atoms with van der Waals surface area (Å²) >= 11 is 7.32. The minimum atomic E-state index is -0.534. The number of anilines is 1. The summed E-state index contributed by atoms with van der Waals surface area (Å²) in [7, 11) is 0. The van der Waals surface area contributed by atoms with Crippen molar-refractivity contribution in [2.75, 3.05) is 31.1 Å². The fraction of sp³-hybridized carbons (Fsp3) is 0.421. The number of benzene rings is 1. The predicted octanol–water partition coefficient (Wildman–Crippen LogP) is 3.72. The first kappa shape index (κ1) is 20.5. The molecule has 2 saturated heterocycles.